The molecule has 1 aromatic carbocycles. The summed E-state index contributed by atoms with van der Waals surface area (Å²) in [5.74, 6) is 0. The van der Waals surface area contributed by atoms with Crippen LogP contribution in [0.2, 0.25) is 5.02 Å². The van der Waals surface area contributed by atoms with Gasteiger partial charge in [-0.2, -0.15) is 0 Å². The SMILES string of the molecule is CN1CCC=CN1c1ccc([N+](=O)[O-])cc1Cl. The van der Waals surface area contributed by atoms with Gasteiger partial charge in [-0.1, -0.05) is 17.7 Å². The van der Waals surface area contributed by atoms with Crippen LogP contribution in [0.1, 0.15) is 6.42 Å². The van der Waals surface area contributed by atoms with Crippen molar-refractivity contribution in [3.8, 4) is 0 Å². The van der Waals surface area contributed by atoms with Crippen LogP contribution in [0, 0.1) is 10.1 Å². The lowest BCUT2D eigenvalue weighted by Crippen LogP contribution is -2.38. The van der Waals surface area contributed by atoms with Crippen LogP contribution >= 0.6 is 11.6 Å². The number of benzene rings is 1. The molecule has 5 nitrogen and oxygen atoms in total. The van der Waals surface area contributed by atoms with E-state index in [4.69, 9.17) is 11.6 Å². The first-order valence-corrected chi connectivity index (χ1v) is 5.58. The number of non-ortho nitro benzene ring substituents is 1. The van der Waals surface area contributed by atoms with E-state index in [1.54, 1.807) is 6.07 Å². The number of rotatable bonds is 2. The monoisotopic (exact) mass is 253 g/mol. The van der Waals surface area contributed by atoms with Crippen LogP contribution < -0.4 is 5.01 Å². The minimum atomic E-state index is -0.453. The van der Waals surface area contributed by atoms with Crippen molar-refractivity contribution in [2.75, 3.05) is 18.6 Å². The first-order valence-electron chi connectivity index (χ1n) is 5.20. The summed E-state index contributed by atoms with van der Waals surface area (Å²) in [5, 5.41) is 14.9. The summed E-state index contributed by atoms with van der Waals surface area (Å²) >= 11 is 6.07. The Bertz CT molecular complexity index is 476. The van der Waals surface area contributed by atoms with Crippen LogP contribution in [0.4, 0.5) is 11.4 Å². The van der Waals surface area contributed by atoms with Gasteiger partial charge < -0.3 is 0 Å². The highest BCUT2D eigenvalue weighted by Crippen LogP contribution is 2.31. The maximum absolute atomic E-state index is 10.6. The zero-order valence-electron chi connectivity index (χ0n) is 9.34. The summed E-state index contributed by atoms with van der Waals surface area (Å²) < 4.78 is 0. The molecule has 2 rings (SSSR count). The van der Waals surface area contributed by atoms with Crippen molar-refractivity contribution < 1.29 is 4.92 Å². The molecule has 1 heterocycles. The highest BCUT2D eigenvalue weighted by Gasteiger charge is 2.17. The fraction of sp³-hybridized carbons (Fsp3) is 0.273. The summed E-state index contributed by atoms with van der Waals surface area (Å²) in [5.41, 5.74) is 0.748. The van der Waals surface area contributed by atoms with Crippen LogP contribution in [-0.4, -0.2) is 23.5 Å². The lowest BCUT2D eigenvalue weighted by atomic mass is 10.2. The molecule has 0 aromatic heterocycles. The molecule has 0 amide bonds. The molecule has 0 N–H and O–H groups in total. The Kier molecular flexibility index (Phi) is 3.31. The molecule has 0 radical (unpaired) electrons. The molecule has 1 aromatic rings. The number of hydrazine groups is 1. The third-order valence-corrected chi connectivity index (χ3v) is 2.93. The van der Waals surface area contributed by atoms with Gasteiger partial charge in [0.2, 0.25) is 0 Å². The number of halogens is 1. The Morgan fingerprint density at radius 2 is 2.24 bits per heavy atom. The fourth-order valence-electron chi connectivity index (χ4n) is 1.72. The van der Waals surface area contributed by atoms with Gasteiger partial charge in [0.1, 0.15) is 0 Å². The van der Waals surface area contributed by atoms with E-state index in [1.807, 2.05) is 29.3 Å². The van der Waals surface area contributed by atoms with E-state index < -0.39 is 4.92 Å². The Morgan fingerprint density at radius 3 is 2.82 bits per heavy atom. The third-order valence-electron chi connectivity index (χ3n) is 2.62. The van der Waals surface area contributed by atoms with Crippen LogP contribution in [0.5, 0.6) is 0 Å². The van der Waals surface area contributed by atoms with Crippen molar-refractivity contribution in [1.29, 1.82) is 0 Å². The van der Waals surface area contributed by atoms with Gasteiger partial charge >= 0.3 is 0 Å². The minimum absolute atomic E-state index is 0.00221. The Morgan fingerprint density at radius 1 is 1.47 bits per heavy atom. The number of nitro benzene ring substituents is 1. The van der Waals surface area contributed by atoms with Gasteiger partial charge in [-0.15, -0.1) is 0 Å². The van der Waals surface area contributed by atoms with Gasteiger partial charge in [-0.3, -0.25) is 15.1 Å². The van der Waals surface area contributed by atoms with Gasteiger partial charge in [0.05, 0.1) is 15.6 Å². The highest BCUT2D eigenvalue weighted by atomic mass is 35.5. The van der Waals surface area contributed by atoms with Gasteiger partial charge in [0.25, 0.3) is 5.69 Å². The molecule has 90 valence electrons. The summed E-state index contributed by atoms with van der Waals surface area (Å²) in [6.45, 7) is 0.893. The second-order valence-electron chi connectivity index (χ2n) is 3.79. The van der Waals surface area contributed by atoms with E-state index in [9.17, 15) is 10.1 Å². The molecule has 17 heavy (non-hydrogen) atoms. The van der Waals surface area contributed by atoms with Crippen molar-refractivity contribution in [2.24, 2.45) is 0 Å². The van der Waals surface area contributed by atoms with E-state index in [0.717, 1.165) is 18.7 Å². The van der Waals surface area contributed by atoms with E-state index >= 15 is 0 Å². The standard InChI is InChI=1S/C11H12ClN3O2/c1-13-6-2-3-7-14(13)11-5-4-9(15(16)17)8-10(11)12/h3-5,7-8H,2,6H2,1H3. The summed E-state index contributed by atoms with van der Waals surface area (Å²) in [6.07, 6.45) is 4.94. The van der Waals surface area contributed by atoms with Gasteiger partial charge in [0, 0.05) is 31.9 Å². The molecule has 0 atom stereocenters. The van der Waals surface area contributed by atoms with E-state index in [1.165, 1.54) is 12.1 Å². The van der Waals surface area contributed by atoms with Gasteiger partial charge in [-0.25, -0.2) is 5.01 Å². The summed E-state index contributed by atoms with van der Waals surface area (Å²) in [4.78, 5) is 10.2. The molecule has 0 aliphatic carbocycles. The summed E-state index contributed by atoms with van der Waals surface area (Å²) in [7, 11) is 1.95. The van der Waals surface area contributed by atoms with Crippen LogP contribution in [0.3, 0.4) is 0 Å². The van der Waals surface area contributed by atoms with Crippen molar-refractivity contribution in [2.45, 2.75) is 6.42 Å². The molecular weight excluding hydrogens is 242 g/mol. The van der Waals surface area contributed by atoms with Crippen molar-refractivity contribution in [3.05, 3.63) is 45.6 Å². The normalized spacial score (nSPS) is 16.2. The van der Waals surface area contributed by atoms with Crippen LogP contribution in [0.15, 0.2) is 30.5 Å². The van der Waals surface area contributed by atoms with Crippen molar-refractivity contribution in [3.63, 3.8) is 0 Å². The number of nitrogens with zero attached hydrogens (tertiary/aromatic N) is 3. The Hall–Kier alpha value is -1.59. The molecule has 1 aliphatic heterocycles. The second-order valence-corrected chi connectivity index (χ2v) is 4.20. The van der Waals surface area contributed by atoms with Gasteiger partial charge in [-0.05, 0) is 12.5 Å². The summed E-state index contributed by atoms with van der Waals surface area (Å²) in [6, 6.07) is 4.48. The fourth-order valence-corrected chi connectivity index (χ4v) is 1.98. The van der Waals surface area contributed by atoms with Crippen LogP contribution in [0.25, 0.3) is 0 Å². The average Bonchev–Trinajstić information content (AvgIpc) is 2.30. The smallest absolute Gasteiger partial charge is 0.271 e. The molecule has 0 saturated heterocycles. The molecular formula is C11H12ClN3O2. The number of nitro groups is 1. The number of hydrogen-bond donors (Lipinski definition) is 0. The van der Waals surface area contributed by atoms with E-state index in [-0.39, 0.29) is 5.69 Å². The topological polar surface area (TPSA) is 49.6 Å². The predicted octanol–water partition coefficient (Wildman–Crippen LogP) is 2.82. The zero-order chi connectivity index (χ0) is 12.4. The largest absolute Gasteiger partial charge is 0.281 e. The molecule has 1 aliphatic rings. The maximum Gasteiger partial charge on any atom is 0.271 e. The molecule has 0 unspecified atom stereocenters. The maximum atomic E-state index is 10.6. The van der Waals surface area contributed by atoms with E-state index in [0.29, 0.717) is 5.02 Å². The lowest BCUT2D eigenvalue weighted by molar-refractivity contribution is -0.384. The highest BCUT2D eigenvalue weighted by molar-refractivity contribution is 6.33. The first kappa shape index (κ1) is 11.9. The Labute approximate surface area is 104 Å². The lowest BCUT2D eigenvalue weighted by Gasteiger charge is -2.33. The van der Waals surface area contributed by atoms with Crippen LogP contribution in [-0.2, 0) is 0 Å². The Balaban J connectivity index is 2.36. The second kappa shape index (κ2) is 4.73. The quantitative estimate of drug-likeness (QED) is 0.601. The third kappa shape index (κ3) is 2.40. The molecule has 0 fully saturated rings. The predicted molar refractivity (Wildman–Crippen MR) is 67.0 cm³/mol. The molecule has 6 heteroatoms. The molecule has 0 saturated carbocycles. The van der Waals surface area contributed by atoms with Crippen molar-refractivity contribution >= 4 is 23.0 Å². The van der Waals surface area contributed by atoms with Crippen molar-refractivity contribution in [1.82, 2.24) is 5.01 Å². The molecule has 0 bridgehead atoms. The van der Waals surface area contributed by atoms with E-state index in [2.05, 4.69) is 0 Å². The zero-order valence-corrected chi connectivity index (χ0v) is 10.1. The first-order chi connectivity index (χ1) is 8.09. The molecule has 0 spiro atoms. The number of hydrogen-bond acceptors (Lipinski definition) is 4. The van der Waals surface area contributed by atoms with Gasteiger partial charge in [0.15, 0.2) is 0 Å². The minimum Gasteiger partial charge on any atom is -0.281 e. The average molecular weight is 254 g/mol. The number of anilines is 1.